The van der Waals surface area contributed by atoms with Crippen LogP contribution in [0, 0.1) is 5.92 Å². The average Bonchev–Trinajstić information content (AvgIpc) is 2.86. The van der Waals surface area contributed by atoms with Crippen LogP contribution in [0.2, 0.25) is 0 Å². The molecule has 2 atom stereocenters. The number of hydrogen-bond donors (Lipinski definition) is 1. The Morgan fingerprint density at radius 1 is 1.73 bits per heavy atom. The van der Waals surface area contributed by atoms with Gasteiger partial charge in [-0.25, -0.2) is 4.98 Å². The van der Waals surface area contributed by atoms with Gasteiger partial charge in [0.05, 0.1) is 12.0 Å². The van der Waals surface area contributed by atoms with E-state index in [0.717, 1.165) is 31.9 Å². The molecule has 2 unspecified atom stereocenters. The van der Waals surface area contributed by atoms with Crippen LogP contribution in [0.4, 0.5) is 0 Å². The lowest BCUT2D eigenvalue weighted by Gasteiger charge is -2.12. The first kappa shape index (κ1) is 10.6. The maximum Gasteiger partial charge on any atom is 0.0948 e. The second-order valence-electron chi connectivity index (χ2n) is 4.32. The van der Waals surface area contributed by atoms with E-state index in [0.29, 0.717) is 5.92 Å². The zero-order chi connectivity index (χ0) is 10.7. The van der Waals surface area contributed by atoms with E-state index in [4.69, 9.17) is 10.5 Å². The largest absolute Gasteiger partial charge is 0.381 e. The van der Waals surface area contributed by atoms with Gasteiger partial charge in [-0.15, -0.1) is 0 Å². The highest BCUT2D eigenvalue weighted by Gasteiger charge is 2.16. The molecule has 0 saturated carbocycles. The summed E-state index contributed by atoms with van der Waals surface area (Å²) >= 11 is 0. The highest BCUT2D eigenvalue weighted by molar-refractivity contribution is 5.02. The lowest BCUT2D eigenvalue weighted by atomic mass is 10.1. The third-order valence-electron chi connectivity index (χ3n) is 3.01. The van der Waals surface area contributed by atoms with Crippen molar-refractivity contribution in [1.82, 2.24) is 9.55 Å². The van der Waals surface area contributed by atoms with Crippen LogP contribution in [0.1, 0.15) is 31.5 Å². The van der Waals surface area contributed by atoms with E-state index >= 15 is 0 Å². The number of imidazole rings is 1. The zero-order valence-corrected chi connectivity index (χ0v) is 9.22. The van der Waals surface area contributed by atoms with Gasteiger partial charge in [-0.1, -0.05) is 0 Å². The SMILES string of the molecule is CC(N)c1cncn1CCC1CCOC1. The second kappa shape index (κ2) is 4.77. The van der Waals surface area contributed by atoms with E-state index in [1.165, 1.54) is 6.42 Å². The van der Waals surface area contributed by atoms with Crippen molar-refractivity contribution in [2.45, 2.75) is 32.4 Å². The van der Waals surface area contributed by atoms with Gasteiger partial charge in [0, 0.05) is 32.0 Å². The molecule has 2 N–H and O–H groups in total. The van der Waals surface area contributed by atoms with Crippen LogP contribution < -0.4 is 5.73 Å². The van der Waals surface area contributed by atoms with Gasteiger partial charge in [-0.2, -0.15) is 0 Å². The second-order valence-corrected chi connectivity index (χ2v) is 4.32. The molecule has 1 aliphatic heterocycles. The first-order chi connectivity index (χ1) is 7.27. The Balaban J connectivity index is 1.89. The van der Waals surface area contributed by atoms with Crippen molar-refractivity contribution >= 4 is 0 Å². The van der Waals surface area contributed by atoms with Gasteiger partial charge < -0.3 is 15.0 Å². The van der Waals surface area contributed by atoms with Crippen molar-refractivity contribution in [3.05, 3.63) is 18.2 Å². The summed E-state index contributed by atoms with van der Waals surface area (Å²) in [7, 11) is 0. The molecule has 1 aromatic rings. The number of rotatable bonds is 4. The summed E-state index contributed by atoms with van der Waals surface area (Å²) in [5.74, 6) is 0.716. The van der Waals surface area contributed by atoms with E-state index < -0.39 is 0 Å². The summed E-state index contributed by atoms with van der Waals surface area (Å²) in [6, 6.07) is 0.0623. The van der Waals surface area contributed by atoms with Crippen molar-refractivity contribution in [2.75, 3.05) is 13.2 Å². The van der Waals surface area contributed by atoms with Crippen molar-refractivity contribution in [3.63, 3.8) is 0 Å². The topological polar surface area (TPSA) is 53.1 Å². The van der Waals surface area contributed by atoms with Crippen molar-refractivity contribution < 1.29 is 4.74 Å². The van der Waals surface area contributed by atoms with Crippen LogP contribution in [-0.4, -0.2) is 22.8 Å². The van der Waals surface area contributed by atoms with E-state index in [9.17, 15) is 0 Å². The molecule has 84 valence electrons. The number of ether oxygens (including phenoxy) is 1. The molecule has 1 aliphatic rings. The Morgan fingerprint density at radius 3 is 3.27 bits per heavy atom. The Hall–Kier alpha value is -0.870. The maximum absolute atomic E-state index is 5.86. The van der Waals surface area contributed by atoms with Crippen molar-refractivity contribution in [2.24, 2.45) is 11.7 Å². The standard InChI is InChI=1S/C11H19N3O/c1-9(12)11-6-13-8-14(11)4-2-10-3-5-15-7-10/h6,8-10H,2-5,7,12H2,1H3. The molecule has 15 heavy (non-hydrogen) atoms. The molecular formula is C11H19N3O. The fourth-order valence-corrected chi connectivity index (χ4v) is 2.03. The number of aromatic nitrogens is 2. The van der Waals surface area contributed by atoms with Gasteiger partial charge in [0.25, 0.3) is 0 Å². The summed E-state index contributed by atoms with van der Waals surface area (Å²) in [5.41, 5.74) is 6.98. The summed E-state index contributed by atoms with van der Waals surface area (Å²) in [6.07, 6.45) is 6.09. The minimum absolute atomic E-state index is 0.0623. The molecule has 4 heteroatoms. The molecule has 0 radical (unpaired) electrons. The third-order valence-corrected chi connectivity index (χ3v) is 3.01. The lowest BCUT2D eigenvalue weighted by Crippen LogP contribution is -2.13. The molecule has 0 aliphatic carbocycles. The van der Waals surface area contributed by atoms with Crippen LogP contribution in [0.3, 0.4) is 0 Å². The monoisotopic (exact) mass is 209 g/mol. The minimum Gasteiger partial charge on any atom is -0.381 e. The smallest absolute Gasteiger partial charge is 0.0948 e. The zero-order valence-electron chi connectivity index (χ0n) is 9.22. The fraction of sp³-hybridized carbons (Fsp3) is 0.727. The highest BCUT2D eigenvalue weighted by Crippen LogP contribution is 2.18. The number of aryl methyl sites for hydroxylation is 1. The van der Waals surface area contributed by atoms with Gasteiger partial charge in [-0.3, -0.25) is 0 Å². The summed E-state index contributed by atoms with van der Waals surface area (Å²) < 4.78 is 7.51. The predicted molar refractivity (Wildman–Crippen MR) is 58.4 cm³/mol. The van der Waals surface area contributed by atoms with Gasteiger partial charge in [0.15, 0.2) is 0 Å². The molecule has 1 saturated heterocycles. The van der Waals surface area contributed by atoms with Crippen LogP contribution in [0.15, 0.2) is 12.5 Å². The quantitative estimate of drug-likeness (QED) is 0.814. The van der Waals surface area contributed by atoms with Gasteiger partial charge in [-0.05, 0) is 25.7 Å². The van der Waals surface area contributed by atoms with Crippen LogP contribution in [-0.2, 0) is 11.3 Å². The molecule has 0 spiro atoms. The Bertz CT molecular complexity index is 303. The maximum atomic E-state index is 5.86. The normalized spacial score (nSPS) is 23.2. The lowest BCUT2D eigenvalue weighted by molar-refractivity contribution is 0.183. The van der Waals surface area contributed by atoms with Gasteiger partial charge >= 0.3 is 0 Å². The Kier molecular flexibility index (Phi) is 3.38. The molecule has 1 aromatic heterocycles. The third kappa shape index (κ3) is 2.58. The van der Waals surface area contributed by atoms with Crippen molar-refractivity contribution in [1.29, 1.82) is 0 Å². The predicted octanol–water partition coefficient (Wildman–Crippen LogP) is 1.33. The summed E-state index contributed by atoms with van der Waals surface area (Å²) in [5, 5.41) is 0. The Morgan fingerprint density at radius 2 is 2.60 bits per heavy atom. The average molecular weight is 209 g/mol. The van der Waals surface area contributed by atoms with Gasteiger partial charge in [0.2, 0.25) is 0 Å². The molecular weight excluding hydrogens is 190 g/mol. The van der Waals surface area contributed by atoms with E-state index in [2.05, 4.69) is 9.55 Å². The molecule has 4 nitrogen and oxygen atoms in total. The molecule has 0 bridgehead atoms. The molecule has 1 fully saturated rings. The fourth-order valence-electron chi connectivity index (χ4n) is 2.03. The molecule has 0 aromatic carbocycles. The van der Waals surface area contributed by atoms with E-state index in [1.54, 1.807) is 0 Å². The van der Waals surface area contributed by atoms with Crippen molar-refractivity contribution in [3.8, 4) is 0 Å². The number of hydrogen-bond acceptors (Lipinski definition) is 3. The van der Waals surface area contributed by atoms with Gasteiger partial charge in [0.1, 0.15) is 0 Å². The van der Waals surface area contributed by atoms with Crippen LogP contribution in [0.25, 0.3) is 0 Å². The molecule has 2 heterocycles. The summed E-state index contributed by atoms with van der Waals surface area (Å²) in [4.78, 5) is 4.14. The first-order valence-electron chi connectivity index (χ1n) is 5.60. The molecule has 0 amide bonds. The number of nitrogens with zero attached hydrogens (tertiary/aromatic N) is 2. The Labute approximate surface area is 90.4 Å². The first-order valence-corrected chi connectivity index (χ1v) is 5.60. The van der Waals surface area contributed by atoms with Crippen LogP contribution in [0.5, 0.6) is 0 Å². The van der Waals surface area contributed by atoms with Crippen LogP contribution >= 0.6 is 0 Å². The summed E-state index contributed by atoms with van der Waals surface area (Å²) in [6.45, 7) is 4.84. The minimum atomic E-state index is 0.0623. The van der Waals surface area contributed by atoms with E-state index in [1.807, 2.05) is 19.4 Å². The highest BCUT2D eigenvalue weighted by atomic mass is 16.5. The van der Waals surface area contributed by atoms with E-state index in [-0.39, 0.29) is 6.04 Å². The molecule has 2 rings (SSSR count). The number of nitrogens with two attached hydrogens (primary N) is 1.